The highest BCUT2D eigenvalue weighted by atomic mass is 35.5. The van der Waals surface area contributed by atoms with Crippen molar-refractivity contribution in [2.45, 2.75) is 57.3 Å². The molecule has 10 heteroatoms. The van der Waals surface area contributed by atoms with Gasteiger partial charge in [-0.1, -0.05) is 11.6 Å². The number of ether oxygens (including phenoxy) is 1. The zero-order valence-electron chi connectivity index (χ0n) is 17.3. The summed E-state index contributed by atoms with van der Waals surface area (Å²) in [5.74, 6) is -0.908. The van der Waals surface area contributed by atoms with Gasteiger partial charge in [-0.05, 0) is 52.8 Å². The van der Waals surface area contributed by atoms with E-state index in [0.717, 1.165) is 0 Å². The van der Waals surface area contributed by atoms with Crippen molar-refractivity contribution in [3.05, 3.63) is 28.8 Å². The number of amides is 2. The van der Waals surface area contributed by atoms with Crippen LogP contribution in [0, 0.1) is 0 Å². The predicted molar refractivity (Wildman–Crippen MR) is 110 cm³/mol. The Morgan fingerprint density at radius 1 is 1.21 bits per heavy atom. The minimum Gasteiger partial charge on any atom is -0.373 e. The molecule has 2 amide bonds. The van der Waals surface area contributed by atoms with E-state index < -0.39 is 21.5 Å². The number of halogens is 1. The number of carbonyl (C=O) groups excluding carboxylic acids is 2. The second-order valence-corrected chi connectivity index (χ2v) is 10.5. The van der Waals surface area contributed by atoms with Crippen molar-refractivity contribution >= 4 is 33.4 Å². The molecule has 1 saturated heterocycles. The molecule has 1 aromatic rings. The molecule has 1 aliphatic rings. The first-order valence-electron chi connectivity index (χ1n) is 9.34. The van der Waals surface area contributed by atoms with Crippen molar-refractivity contribution in [3.63, 3.8) is 0 Å². The van der Waals surface area contributed by atoms with Crippen LogP contribution in [0.25, 0.3) is 0 Å². The number of benzene rings is 1. The van der Waals surface area contributed by atoms with Gasteiger partial charge >= 0.3 is 0 Å². The normalized spacial score (nSPS) is 20.9. The number of sulfonamides is 1. The standard InChI is InChI=1S/C19H28ClN3O5S/c1-12-10-23(11-13(2)28-12)29(26,27)16-8-14(6-7-15(16)20)18(25)21-9-17(24)22-19(3,4)5/h6-8,12-13H,9-11H2,1-5H3,(H,21,25)(H,22,24)/t12-,13-/m1/s1. The molecule has 2 N–H and O–H groups in total. The first-order valence-corrected chi connectivity index (χ1v) is 11.2. The van der Waals surface area contributed by atoms with Crippen LogP contribution in [-0.2, 0) is 19.6 Å². The Morgan fingerprint density at radius 3 is 2.34 bits per heavy atom. The third-order valence-electron chi connectivity index (χ3n) is 4.12. The molecule has 0 spiro atoms. The van der Waals surface area contributed by atoms with E-state index in [1.807, 2.05) is 20.8 Å². The largest absolute Gasteiger partial charge is 0.373 e. The lowest BCUT2D eigenvalue weighted by atomic mass is 10.1. The van der Waals surface area contributed by atoms with Crippen molar-refractivity contribution < 1.29 is 22.7 Å². The molecule has 2 atom stereocenters. The monoisotopic (exact) mass is 445 g/mol. The lowest BCUT2D eigenvalue weighted by molar-refractivity contribution is -0.121. The molecule has 0 unspecified atom stereocenters. The van der Waals surface area contributed by atoms with Gasteiger partial charge in [-0.15, -0.1) is 0 Å². The summed E-state index contributed by atoms with van der Waals surface area (Å²) in [7, 11) is -3.91. The lowest BCUT2D eigenvalue weighted by Gasteiger charge is -2.34. The summed E-state index contributed by atoms with van der Waals surface area (Å²) in [5.41, 5.74) is -0.318. The highest BCUT2D eigenvalue weighted by molar-refractivity contribution is 7.89. The van der Waals surface area contributed by atoms with Crippen LogP contribution in [0.4, 0.5) is 0 Å². The SMILES string of the molecule is C[C@@H]1CN(S(=O)(=O)c2cc(C(=O)NCC(=O)NC(C)(C)C)ccc2Cl)C[C@@H](C)O1. The Bertz CT molecular complexity index is 872. The first-order chi connectivity index (χ1) is 13.3. The second-order valence-electron chi connectivity index (χ2n) is 8.21. The molecule has 1 aliphatic heterocycles. The van der Waals surface area contributed by atoms with E-state index >= 15 is 0 Å². The number of hydrogen-bond donors (Lipinski definition) is 2. The molecule has 2 rings (SSSR count). The summed E-state index contributed by atoms with van der Waals surface area (Å²) in [5, 5.41) is 5.25. The highest BCUT2D eigenvalue weighted by Crippen LogP contribution is 2.28. The summed E-state index contributed by atoms with van der Waals surface area (Å²) < 4.78 is 33.1. The first kappa shape index (κ1) is 23.6. The highest BCUT2D eigenvalue weighted by Gasteiger charge is 2.33. The number of hydrogen-bond acceptors (Lipinski definition) is 5. The number of nitrogens with one attached hydrogen (secondary N) is 2. The van der Waals surface area contributed by atoms with E-state index in [1.54, 1.807) is 13.8 Å². The summed E-state index contributed by atoms with van der Waals surface area (Å²) in [6.07, 6.45) is -0.500. The molecule has 0 saturated carbocycles. The van der Waals surface area contributed by atoms with E-state index in [4.69, 9.17) is 16.3 Å². The van der Waals surface area contributed by atoms with Crippen molar-refractivity contribution in [1.29, 1.82) is 0 Å². The summed E-state index contributed by atoms with van der Waals surface area (Å²) in [6.45, 7) is 9.26. The van der Waals surface area contributed by atoms with Crippen molar-refractivity contribution in [1.82, 2.24) is 14.9 Å². The van der Waals surface area contributed by atoms with Gasteiger partial charge in [-0.2, -0.15) is 4.31 Å². The molecule has 1 heterocycles. The fourth-order valence-corrected chi connectivity index (χ4v) is 5.12. The van der Waals surface area contributed by atoms with Gasteiger partial charge < -0.3 is 15.4 Å². The quantitative estimate of drug-likeness (QED) is 0.718. The maximum atomic E-state index is 13.1. The molecule has 8 nitrogen and oxygen atoms in total. The molecule has 1 fully saturated rings. The van der Waals surface area contributed by atoms with Crippen molar-refractivity contribution in [2.75, 3.05) is 19.6 Å². The van der Waals surface area contributed by atoms with Gasteiger partial charge in [0.25, 0.3) is 5.91 Å². The van der Waals surface area contributed by atoms with Crippen LogP contribution < -0.4 is 10.6 Å². The third-order valence-corrected chi connectivity index (χ3v) is 6.43. The number of carbonyl (C=O) groups is 2. The Hall–Kier alpha value is -1.68. The van der Waals surface area contributed by atoms with E-state index in [2.05, 4.69) is 10.6 Å². The van der Waals surface area contributed by atoms with Gasteiger partial charge in [0.05, 0.1) is 23.8 Å². The lowest BCUT2D eigenvalue weighted by Crippen LogP contribution is -2.48. The molecule has 0 aliphatic carbocycles. The smallest absolute Gasteiger partial charge is 0.251 e. The fourth-order valence-electron chi connectivity index (χ4n) is 3.03. The van der Waals surface area contributed by atoms with Crippen LogP contribution in [0.1, 0.15) is 45.0 Å². The Morgan fingerprint density at radius 2 is 1.79 bits per heavy atom. The van der Waals surface area contributed by atoms with Crippen molar-refractivity contribution in [3.8, 4) is 0 Å². The Balaban J connectivity index is 2.18. The van der Waals surface area contributed by atoms with Gasteiger partial charge in [0.1, 0.15) is 4.90 Å². The van der Waals surface area contributed by atoms with Crippen LogP contribution in [0.2, 0.25) is 5.02 Å². The topological polar surface area (TPSA) is 105 Å². The maximum Gasteiger partial charge on any atom is 0.251 e. The fraction of sp³-hybridized carbons (Fsp3) is 0.579. The van der Waals surface area contributed by atoms with E-state index in [9.17, 15) is 18.0 Å². The molecule has 0 radical (unpaired) electrons. The van der Waals surface area contributed by atoms with Gasteiger partial charge in [-0.3, -0.25) is 9.59 Å². The molecule has 0 bridgehead atoms. The van der Waals surface area contributed by atoms with Crippen molar-refractivity contribution in [2.24, 2.45) is 0 Å². The zero-order chi connectivity index (χ0) is 22.0. The second kappa shape index (κ2) is 8.99. The zero-order valence-corrected chi connectivity index (χ0v) is 18.9. The van der Waals surface area contributed by atoms with Gasteiger partial charge in [0.2, 0.25) is 15.9 Å². The van der Waals surface area contributed by atoms with Crippen LogP contribution in [-0.4, -0.2) is 61.9 Å². The molecule has 0 aromatic heterocycles. The maximum absolute atomic E-state index is 13.1. The average molecular weight is 446 g/mol. The van der Waals surface area contributed by atoms with Crippen LogP contribution in [0.3, 0.4) is 0 Å². The molecular weight excluding hydrogens is 418 g/mol. The molecule has 162 valence electrons. The third kappa shape index (κ3) is 6.40. The summed E-state index contributed by atoms with van der Waals surface area (Å²) in [6, 6.07) is 4.02. The average Bonchev–Trinajstić information content (AvgIpc) is 2.57. The number of rotatable bonds is 5. The van der Waals surface area contributed by atoms with E-state index in [1.165, 1.54) is 22.5 Å². The Kier molecular flexibility index (Phi) is 7.32. The van der Waals surface area contributed by atoms with E-state index in [-0.39, 0.29) is 53.2 Å². The Labute approximate surface area is 177 Å². The number of nitrogens with zero attached hydrogens (tertiary/aromatic N) is 1. The predicted octanol–water partition coefficient (Wildman–Crippen LogP) is 1.78. The molecular formula is C19H28ClN3O5S. The van der Waals surface area contributed by atoms with Crippen LogP contribution >= 0.6 is 11.6 Å². The minimum absolute atomic E-state index is 0.0267. The molecule has 1 aromatic carbocycles. The number of morpholine rings is 1. The van der Waals surface area contributed by atoms with E-state index in [0.29, 0.717) is 0 Å². The van der Waals surface area contributed by atoms with Gasteiger partial charge in [-0.25, -0.2) is 8.42 Å². The minimum atomic E-state index is -3.91. The molecule has 29 heavy (non-hydrogen) atoms. The van der Waals surface area contributed by atoms with Crippen LogP contribution in [0.15, 0.2) is 23.1 Å². The van der Waals surface area contributed by atoms with Crippen LogP contribution in [0.5, 0.6) is 0 Å². The summed E-state index contributed by atoms with van der Waals surface area (Å²) in [4.78, 5) is 24.2. The summed E-state index contributed by atoms with van der Waals surface area (Å²) >= 11 is 6.14. The van der Waals surface area contributed by atoms with Gasteiger partial charge in [0, 0.05) is 24.2 Å². The van der Waals surface area contributed by atoms with Gasteiger partial charge in [0.15, 0.2) is 0 Å².